The van der Waals surface area contributed by atoms with Crippen molar-refractivity contribution in [2.45, 2.75) is 18.4 Å². The van der Waals surface area contributed by atoms with E-state index < -0.39 is 0 Å². The van der Waals surface area contributed by atoms with E-state index in [0.29, 0.717) is 11.8 Å². The number of nitrogens with zero attached hydrogens (tertiary/aromatic N) is 1. The zero-order valence-corrected chi connectivity index (χ0v) is 8.68. The van der Waals surface area contributed by atoms with E-state index in [1.54, 1.807) is 4.90 Å². The summed E-state index contributed by atoms with van der Waals surface area (Å²) < 4.78 is 0. The number of rotatable bonds is 0. The number of carbonyl (C=O) groups excluding carboxylic acids is 1. The third kappa shape index (κ3) is 1.13. The van der Waals surface area contributed by atoms with E-state index in [-0.39, 0.29) is 11.9 Å². The second-order valence-electron chi connectivity index (χ2n) is 4.49. The van der Waals surface area contributed by atoms with Crippen LogP contribution in [0.15, 0.2) is 24.3 Å². The first-order chi connectivity index (χ1) is 7.20. The fourth-order valence-corrected chi connectivity index (χ4v) is 2.60. The zero-order valence-electron chi connectivity index (χ0n) is 8.68. The van der Waals surface area contributed by atoms with Gasteiger partial charge in [0, 0.05) is 12.7 Å². The molecule has 2 N–H and O–H groups in total. The maximum Gasteiger partial charge on any atom is 0.243 e. The van der Waals surface area contributed by atoms with E-state index in [2.05, 4.69) is 6.07 Å². The van der Waals surface area contributed by atoms with Crippen LogP contribution in [0.4, 0.5) is 5.69 Å². The van der Waals surface area contributed by atoms with Gasteiger partial charge in [0.15, 0.2) is 0 Å². The smallest absolute Gasteiger partial charge is 0.243 e. The molecule has 2 aliphatic rings. The standard InChI is InChI=1S/C12H14N2O/c1-14-10-5-3-2-4-7(10)8-6-9(8)11(13)12(14)15/h2-5,8-9,11H,6,13H2,1H3/t8?,9?,11-/m0/s1. The van der Waals surface area contributed by atoms with E-state index in [4.69, 9.17) is 5.73 Å². The molecule has 1 aromatic carbocycles. The molecular weight excluding hydrogens is 188 g/mol. The highest BCUT2D eigenvalue weighted by atomic mass is 16.2. The van der Waals surface area contributed by atoms with Gasteiger partial charge in [0.25, 0.3) is 0 Å². The molecule has 0 bridgehead atoms. The van der Waals surface area contributed by atoms with Gasteiger partial charge in [0.1, 0.15) is 0 Å². The highest BCUT2D eigenvalue weighted by Crippen LogP contribution is 2.53. The Hall–Kier alpha value is -1.35. The van der Waals surface area contributed by atoms with Crippen molar-refractivity contribution < 1.29 is 4.79 Å². The number of amides is 1. The van der Waals surface area contributed by atoms with Crippen LogP contribution in [0.2, 0.25) is 0 Å². The lowest BCUT2D eigenvalue weighted by atomic mass is 10.1. The number of carbonyl (C=O) groups is 1. The van der Waals surface area contributed by atoms with Crippen LogP contribution in [0, 0.1) is 5.92 Å². The van der Waals surface area contributed by atoms with Crippen LogP contribution < -0.4 is 10.6 Å². The van der Waals surface area contributed by atoms with Crippen molar-refractivity contribution >= 4 is 11.6 Å². The van der Waals surface area contributed by atoms with E-state index in [1.165, 1.54) is 5.56 Å². The topological polar surface area (TPSA) is 46.3 Å². The Morgan fingerprint density at radius 1 is 1.40 bits per heavy atom. The monoisotopic (exact) mass is 202 g/mol. The van der Waals surface area contributed by atoms with Crippen molar-refractivity contribution in [3.63, 3.8) is 0 Å². The zero-order chi connectivity index (χ0) is 10.6. The lowest BCUT2D eigenvalue weighted by Crippen LogP contribution is -2.42. The van der Waals surface area contributed by atoms with E-state index in [9.17, 15) is 4.79 Å². The largest absolute Gasteiger partial charge is 0.320 e. The molecule has 1 aliphatic carbocycles. The molecule has 0 aromatic heterocycles. The van der Waals surface area contributed by atoms with Gasteiger partial charge in [0.05, 0.1) is 6.04 Å². The lowest BCUT2D eigenvalue weighted by Gasteiger charge is -2.20. The maximum atomic E-state index is 11.9. The predicted octanol–water partition coefficient (Wildman–Crippen LogP) is 1.09. The summed E-state index contributed by atoms with van der Waals surface area (Å²) in [6.07, 6.45) is 1.07. The molecule has 1 aliphatic heterocycles. The van der Waals surface area contributed by atoms with Gasteiger partial charge in [-0.15, -0.1) is 0 Å². The molecule has 1 heterocycles. The minimum Gasteiger partial charge on any atom is -0.320 e. The summed E-state index contributed by atoms with van der Waals surface area (Å²) in [6.45, 7) is 0. The van der Waals surface area contributed by atoms with Gasteiger partial charge in [0.2, 0.25) is 5.91 Å². The molecule has 78 valence electrons. The van der Waals surface area contributed by atoms with Crippen molar-refractivity contribution in [3.05, 3.63) is 29.8 Å². The van der Waals surface area contributed by atoms with Crippen LogP contribution >= 0.6 is 0 Å². The first kappa shape index (κ1) is 8.92. The number of nitrogens with two attached hydrogens (primary N) is 1. The number of hydrogen-bond donors (Lipinski definition) is 1. The van der Waals surface area contributed by atoms with Crippen molar-refractivity contribution in [2.24, 2.45) is 11.7 Å². The number of anilines is 1. The van der Waals surface area contributed by atoms with Crippen molar-refractivity contribution in [1.82, 2.24) is 0 Å². The molecule has 3 heteroatoms. The van der Waals surface area contributed by atoms with Gasteiger partial charge < -0.3 is 10.6 Å². The quantitative estimate of drug-likeness (QED) is 0.684. The summed E-state index contributed by atoms with van der Waals surface area (Å²) in [5.74, 6) is 0.918. The molecule has 3 atom stereocenters. The van der Waals surface area contributed by atoms with E-state index in [0.717, 1.165) is 12.1 Å². The molecule has 1 saturated carbocycles. The molecule has 3 rings (SSSR count). The van der Waals surface area contributed by atoms with Gasteiger partial charge in [-0.2, -0.15) is 0 Å². The van der Waals surface area contributed by atoms with Crippen LogP contribution in [0.5, 0.6) is 0 Å². The average Bonchev–Trinajstić information content (AvgIpc) is 3.05. The normalized spacial score (nSPS) is 33.1. The Morgan fingerprint density at radius 3 is 2.93 bits per heavy atom. The number of benzene rings is 1. The molecular formula is C12H14N2O. The number of fused-ring (bicyclic) bond motifs is 3. The summed E-state index contributed by atoms with van der Waals surface area (Å²) in [7, 11) is 1.81. The molecule has 1 fully saturated rings. The second-order valence-corrected chi connectivity index (χ2v) is 4.49. The summed E-state index contributed by atoms with van der Waals surface area (Å²) >= 11 is 0. The van der Waals surface area contributed by atoms with E-state index in [1.807, 2.05) is 25.2 Å². The number of hydrogen-bond acceptors (Lipinski definition) is 2. The van der Waals surface area contributed by atoms with Crippen molar-refractivity contribution in [1.29, 1.82) is 0 Å². The fourth-order valence-electron chi connectivity index (χ4n) is 2.60. The molecule has 0 saturated heterocycles. The molecule has 1 amide bonds. The lowest BCUT2D eigenvalue weighted by molar-refractivity contribution is -0.119. The number of likely N-dealkylation sites (N-methyl/N-ethyl adjacent to an activating group) is 1. The van der Waals surface area contributed by atoms with Crippen LogP contribution in [-0.2, 0) is 4.79 Å². The van der Waals surface area contributed by atoms with Gasteiger partial charge in [-0.1, -0.05) is 18.2 Å². The highest BCUT2D eigenvalue weighted by molar-refractivity contribution is 5.99. The summed E-state index contributed by atoms with van der Waals surface area (Å²) in [4.78, 5) is 13.6. The Morgan fingerprint density at radius 2 is 2.13 bits per heavy atom. The van der Waals surface area contributed by atoms with Crippen molar-refractivity contribution in [2.75, 3.05) is 11.9 Å². The molecule has 3 nitrogen and oxygen atoms in total. The van der Waals surface area contributed by atoms with Gasteiger partial charge in [-0.3, -0.25) is 4.79 Å². The SMILES string of the molecule is CN1C(=O)[C@@H](N)C2CC2c2ccccc21. The third-order valence-corrected chi connectivity index (χ3v) is 3.61. The fraction of sp³-hybridized carbons (Fsp3) is 0.417. The predicted molar refractivity (Wildman–Crippen MR) is 58.7 cm³/mol. The Labute approximate surface area is 88.9 Å². The van der Waals surface area contributed by atoms with Gasteiger partial charge in [-0.25, -0.2) is 0 Å². The molecule has 0 radical (unpaired) electrons. The first-order valence-electron chi connectivity index (χ1n) is 5.32. The molecule has 15 heavy (non-hydrogen) atoms. The van der Waals surface area contributed by atoms with Crippen LogP contribution in [0.3, 0.4) is 0 Å². The summed E-state index contributed by atoms with van der Waals surface area (Å²) in [5.41, 5.74) is 8.26. The molecule has 0 spiro atoms. The van der Waals surface area contributed by atoms with Crippen LogP contribution in [-0.4, -0.2) is 19.0 Å². The molecule has 1 aromatic rings. The average molecular weight is 202 g/mol. The number of para-hydroxylation sites is 1. The van der Waals surface area contributed by atoms with Crippen LogP contribution in [0.25, 0.3) is 0 Å². The molecule has 2 unspecified atom stereocenters. The van der Waals surface area contributed by atoms with Gasteiger partial charge in [-0.05, 0) is 29.9 Å². The Kier molecular flexibility index (Phi) is 1.68. The van der Waals surface area contributed by atoms with Crippen LogP contribution in [0.1, 0.15) is 17.9 Å². The third-order valence-electron chi connectivity index (χ3n) is 3.61. The van der Waals surface area contributed by atoms with E-state index >= 15 is 0 Å². The summed E-state index contributed by atoms with van der Waals surface area (Å²) in [5, 5.41) is 0. The Bertz CT molecular complexity index is 429. The minimum atomic E-state index is -0.313. The Balaban J connectivity index is 2.14. The maximum absolute atomic E-state index is 11.9. The minimum absolute atomic E-state index is 0.0486. The van der Waals surface area contributed by atoms with Gasteiger partial charge >= 0.3 is 0 Å². The second kappa shape index (κ2) is 2.83. The first-order valence-corrected chi connectivity index (χ1v) is 5.32. The highest BCUT2D eigenvalue weighted by Gasteiger charge is 2.49. The summed E-state index contributed by atoms with van der Waals surface area (Å²) in [6, 6.07) is 7.80. The van der Waals surface area contributed by atoms with Crippen molar-refractivity contribution in [3.8, 4) is 0 Å².